The summed E-state index contributed by atoms with van der Waals surface area (Å²) in [5, 5.41) is 10.1. The lowest BCUT2D eigenvalue weighted by molar-refractivity contribution is 0.615. The second kappa shape index (κ2) is 5.48. The van der Waals surface area contributed by atoms with E-state index in [0.29, 0.717) is 16.6 Å². The molecule has 0 atom stereocenters. The Morgan fingerprint density at radius 3 is 2.60 bits per heavy atom. The number of halogens is 2. The van der Waals surface area contributed by atoms with Gasteiger partial charge in [0, 0.05) is 11.6 Å². The van der Waals surface area contributed by atoms with Crippen LogP contribution in [0.1, 0.15) is 5.56 Å². The van der Waals surface area contributed by atoms with Gasteiger partial charge in [0.2, 0.25) is 0 Å². The van der Waals surface area contributed by atoms with Crippen LogP contribution in [-0.2, 0) is 6.54 Å². The molecule has 2 aromatic carbocycles. The summed E-state index contributed by atoms with van der Waals surface area (Å²) < 4.78 is 1.98. The highest BCUT2D eigenvalue weighted by molar-refractivity contribution is 6.45. The van der Waals surface area contributed by atoms with Crippen LogP contribution < -0.4 is 5.46 Å². The lowest BCUT2D eigenvalue weighted by atomic mass is 9.88. The fourth-order valence-electron chi connectivity index (χ4n) is 2.15. The smallest absolute Gasteiger partial charge is 0.326 e. The van der Waals surface area contributed by atoms with E-state index in [4.69, 9.17) is 28.2 Å². The van der Waals surface area contributed by atoms with Crippen molar-refractivity contribution in [2.75, 3.05) is 0 Å². The predicted octanol–water partition coefficient (Wildman–Crippen LogP) is 2.63. The Labute approximate surface area is 127 Å². The third-order valence-electron chi connectivity index (χ3n) is 3.11. The number of fused-ring (bicyclic) bond motifs is 1. The van der Waals surface area contributed by atoms with Gasteiger partial charge in [-0.2, -0.15) is 0 Å². The number of benzene rings is 2. The Morgan fingerprint density at radius 2 is 1.90 bits per heavy atom. The molecule has 1 heterocycles. The average Bonchev–Trinajstić information content (AvgIpc) is 2.82. The summed E-state index contributed by atoms with van der Waals surface area (Å²) in [5.41, 5.74) is 3.52. The van der Waals surface area contributed by atoms with E-state index < -0.39 is 0 Å². The second-order valence-corrected chi connectivity index (χ2v) is 5.34. The Kier molecular flexibility index (Phi) is 3.70. The van der Waals surface area contributed by atoms with Crippen molar-refractivity contribution in [3.8, 4) is 0 Å². The van der Waals surface area contributed by atoms with Gasteiger partial charge < -0.3 is 9.59 Å². The van der Waals surface area contributed by atoms with Crippen LogP contribution in [0.4, 0.5) is 0 Å². The van der Waals surface area contributed by atoms with Crippen molar-refractivity contribution in [3.05, 3.63) is 58.3 Å². The molecule has 1 aromatic heterocycles. The maximum absolute atomic E-state index is 8.92. The first-order valence-electron chi connectivity index (χ1n) is 6.03. The fourth-order valence-corrected chi connectivity index (χ4v) is 2.74. The van der Waals surface area contributed by atoms with Crippen LogP contribution in [0.15, 0.2) is 42.7 Å². The molecule has 3 aromatic rings. The molecule has 0 saturated carbocycles. The molecule has 3 nitrogen and oxygen atoms in total. The number of hydrogen-bond donors (Lipinski definition) is 1. The first-order valence-corrected chi connectivity index (χ1v) is 6.79. The molecule has 3 rings (SSSR count). The summed E-state index contributed by atoms with van der Waals surface area (Å²) >= 11 is 12.2. The van der Waals surface area contributed by atoms with E-state index in [1.54, 1.807) is 18.5 Å². The van der Waals surface area contributed by atoms with Gasteiger partial charge in [0.25, 0.3) is 0 Å². The van der Waals surface area contributed by atoms with Gasteiger partial charge in [-0.25, -0.2) is 4.98 Å². The van der Waals surface area contributed by atoms with Gasteiger partial charge in [-0.15, -0.1) is 0 Å². The van der Waals surface area contributed by atoms with Gasteiger partial charge in [-0.05, 0) is 17.7 Å². The Morgan fingerprint density at radius 1 is 1.15 bits per heavy atom. The van der Waals surface area contributed by atoms with Gasteiger partial charge in [-0.3, -0.25) is 0 Å². The Bertz CT molecular complexity index is 756. The van der Waals surface area contributed by atoms with E-state index in [1.165, 1.54) is 0 Å². The molecule has 0 aliphatic carbocycles. The zero-order chi connectivity index (χ0) is 14.1. The predicted molar refractivity (Wildman–Crippen MR) is 82.9 cm³/mol. The third-order valence-corrected chi connectivity index (χ3v) is 3.62. The van der Waals surface area contributed by atoms with Crippen molar-refractivity contribution in [3.63, 3.8) is 0 Å². The topological polar surface area (TPSA) is 38.0 Å². The number of rotatable bonds is 3. The molecule has 0 aliphatic heterocycles. The lowest BCUT2D eigenvalue weighted by Gasteiger charge is -2.06. The van der Waals surface area contributed by atoms with Crippen molar-refractivity contribution in [2.24, 2.45) is 0 Å². The lowest BCUT2D eigenvalue weighted by Crippen LogP contribution is -2.12. The largest absolute Gasteiger partial charge is 0.450 e. The maximum Gasteiger partial charge on any atom is 0.326 e. The number of nitrogens with zero attached hydrogens (tertiary/aromatic N) is 2. The molecule has 1 N–H and O–H groups in total. The molecular formula is C14H10BCl2N2O. The van der Waals surface area contributed by atoms with Crippen LogP contribution in [0.2, 0.25) is 10.0 Å². The molecule has 0 aliphatic rings. The van der Waals surface area contributed by atoms with Gasteiger partial charge in [0.05, 0.1) is 22.4 Å². The summed E-state index contributed by atoms with van der Waals surface area (Å²) in [6, 6.07) is 11.1. The van der Waals surface area contributed by atoms with E-state index in [0.717, 1.165) is 29.5 Å². The summed E-state index contributed by atoms with van der Waals surface area (Å²) in [6.45, 7) is 0.656. The monoisotopic (exact) mass is 303 g/mol. The van der Waals surface area contributed by atoms with Crippen molar-refractivity contribution >= 4 is 47.2 Å². The van der Waals surface area contributed by atoms with Crippen molar-refractivity contribution in [1.82, 2.24) is 9.55 Å². The Balaban J connectivity index is 1.98. The standard InChI is InChI=1S/C14H10BCl2N2O/c16-11-5-12(17)14-13(6-11)18-8-19(14)7-9-1-3-10(15-20)4-2-9/h1-6,8,20H,7H2. The summed E-state index contributed by atoms with van der Waals surface area (Å²) in [4.78, 5) is 4.32. The highest BCUT2D eigenvalue weighted by Gasteiger charge is 2.09. The molecule has 99 valence electrons. The molecule has 0 amide bonds. The highest BCUT2D eigenvalue weighted by atomic mass is 35.5. The van der Waals surface area contributed by atoms with E-state index in [2.05, 4.69) is 4.98 Å². The Hall–Kier alpha value is -1.49. The number of aromatic nitrogens is 2. The van der Waals surface area contributed by atoms with Crippen LogP contribution >= 0.6 is 23.2 Å². The van der Waals surface area contributed by atoms with E-state index >= 15 is 0 Å². The molecule has 0 spiro atoms. The van der Waals surface area contributed by atoms with Crippen LogP contribution in [0.3, 0.4) is 0 Å². The summed E-state index contributed by atoms with van der Waals surface area (Å²) in [6.07, 6.45) is 1.75. The minimum absolute atomic E-state index is 0.579. The zero-order valence-electron chi connectivity index (χ0n) is 10.4. The minimum Gasteiger partial charge on any atom is -0.450 e. The molecule has 20 heavy (non-hydrogen) atoms. The first kappa shape index (κ1) is 13.5. The van der Waals surface area contributed by atoms with Gasteiger partial charge in [0.1, 0.15) is 0 Å². The van der Waals surface area contributed by atoms with Crippen LogP contribution in [0.5, 0.6) is 0 Å². The zero-order valence-corrected chi connectivity index (χ0v) is 11.9. The molecule has 6 heteroatoms. The molecule has 0 unspecified atom stereocenters. The summed E-state index contributed by atoms with van der Waals surface area (Å²) in [7, 11) is 1.08. The van der Waals surface area contributed by atoms with Crippen LogP contribution in [-0.4, -0.2) is 22.1 Å². The van der Waals surface area contributed by atoms with Gasteiger partial charge >= 0.3 is 7.48 Å². The van der Waals surface area contributed by atoms with Gasteiger partial charge in [-0.1, -0.05) is 52.9 Å². The molecule has 0 bridgehead atoms. The van der Waals surface area contributed by atoms with Crippen molar-refractivity contribution in [2.45, 2.75) is 6.54 Å². The van der Waals surface area contributed by atoms with Crippen molar-refractivity contribution < 1.29 is 5.02 Å². The molecule has 0 fully saturated rings. The maximum atomic E-state index is 8.92. The average molecular weight is 304 g/mol. The van der Waals surface area contributed by atoms with E-state index in [1.807, 2.05) is 28.8 Å². The molecule has 1 radical (unpaired) electrons. The van der Waals surface area contributed by atoms with E-state index in [9.17, 15) is 0 Å². The normalized spacial score (nSPS) is 10.9. The SMILES string of the molecule is O[B]c1ccc(Cn2cnc3cc(Cl)cc(Cl)c32)cc1. The van der Waals surface area contributed by atoms with Crippen LogP contribution in [0, 0.1) is 0 Å². The quantitative estimate of drug-likeness (QED) is 0.755. The second-order valence-electron chi connectivity index (χ2n) is 4.50. The fraction of sp³-hybridized carbons (Fsp3) is 0.0714. The van der Waals surface area contributed by atoms with E-state index in [-0.39, 0.29) is 0 Å². The highest BCUT2D eigenvalue weighted by Crippen LogP contribution is 2.27. The molecular weight excluding hydrogens is 294 g/mol. The van der Waals surface area contributed by atoms with Crippen LogP contribution in [0.25, 0.3) is 11.0 Å². The number of hydrogen-bond acceptors (Lipinski definition) is 2. The van der Waals surface area contributed by atoms with Gasteiger partial charge in [0.15, 0.2) is 0 Å². The third kappa shape index (κ3) is 2.55. The summed E-state index contributed by atoms with van der Waals surface area (Å²) in [5.74, 6) is 0. The molecule has 0 saturated heterocycles. The minimum atomic E-state index is 0.579. The first-order chi connectivity index (χ1) is 9.67. The number of imidazole rings is 1. The van der Waals surface area contributed by atoms with Crippen molar-refractivity contribution in [1.29, 1.82) is 0 Å².